The molecule has 13 nitrogen and oxygen atoms in total. The molecule has 13 rings (SSSR count). The van der Waals surface area contributed by atoms with Crippen LogP contribution < -0.4 is 0 Å². The molecule has 87 heavy (non-hydrogen) atoms. The Hall–Kier alpha value is -6.54. The molecule has 0 saturated heterocycles. The zero-order chi connectivity index (χ0) is 61.0. The van der Waals surface area contributed by atoms with Gasteiger partial charge in [0.15, 0.2) is 0 Å². The predicted molar refractivity (Wildman–Crippen MR) is 346 cm³/mol. The summed E-state index contributed by atoms with van der Waals surface area (Å²) in [7, 11) is 0. The Morgan fingerprint density at radius 1 is 0.448 bits per heavy atom. The first-order chi connectivity index (χ1) is 42.1. The van der Waals surface area contributed by atoms with Gasteiger partial charge in [-0.15, -0.1) is 40.8 Å². The number of rotatable bonds is 10. The molecule has 0 radical (unpaired) electrons. The fourth-order valence-electron chi connectivity index (χ4n) is 14.0. The Morgan fingerprint density at radius 2 is 0.885 bits per heavy atom. The molecule has 4 aliphatic heterocycles. The van der Waals surface area contributed by atoms with E-state index >= 15 is 0 Å². The van der Waals surface area contributed by atoms with Crippen molar-refractivity contribution in [1.82, 2.24) is 59.1 Å². The van der Waals surface area contributed by atoms with Gasteiger partial charge >= 0.3 is 0 Å². The van der Waals surface area contributed by atoms with Gasteiger partial charge < -0.3 is 23.4 Å². The minimum atomic E-state index is -0.261. The van der Waals surface area contributed by atoms with E-state index in [9.17, 15) is 9.50 Å². The van der Waals surface area contributed by atoms with Crippen LogP contribution in [0.4, 0.5) is 4.39 Å². The van der Waals surface area contributed by atoms with Crippen molar-refractivity contribution in [1.29, 1.82) is 0 Å². The lowest BCUT2D eigenvalue weighted by molar-refractivity contribution is 0.197. The van der Waals surface area contributed by atoms with Crippen LogP contribution in [0.25, 0.3) is 0 Å². The number of fused-ring (bicyclic) bond motifs is 4. The Balaban J connectivity index is 0.000000129. The Bertz CT molecular complexity index is 3430. The number of hydrogen-bond donors (Lipinski definition) is 1. The van der Waals surface area contributed by atoms with Gasteiger partial charge in [0.25, 0.3) is 0 Å². The van der Waals surface area contributed by atoms with Crippen molar-refractivity contribution in [3.63, 3.8) is 0 Å². The molecule has 4 aromatic heterocycles. The lowest BCUT2D eigenvalue weighted by Crippen LogP contribution is -2.40. The van der Waals surface area contributed by atoms with E-state index in [1.54, 1.807) is 6.07 Å². The van der Waals surface area contributed by atoms with Gasteiger partial charge in [-0.2, -0.15) is 0 Å². The summed E-state index contributed by atoms with van der Waals surface area (Å²) in [6.45, 7) is 19.6. The van der Waals surface area contributed by atoms with Gasteiger partial charge in [-0.3, -0.25) is 0 Å². The summed E-state index contributed by atoms with van der Waals surface area (Å²) in [5, 5.41) is 46.7. The highest BCUT2D eigenvalue weighted by molar-refractivity contribution is 6.30. The third-order valence-electron chi connectivity index (χ3n) is 19.7. The van der Waals surface area contributed by atoms with Crippen LogP contribution in [0.2, 0.25) is 5.02 Å². The number of aromatic nitrogens is 12. The second-order valence-electron chi connectivity index (χ2n) is 26.8. The molecule has 1 fully saturated rings. The SMILES string of the molecule is CC(C)(c1ccc(Cl)cc1)c1nnc2n1CCCCCC2.CC(C)(c1cccc(O)c1)c1nnc2n1CCCCCC2.CC(C)C(c1ccc(F)cc1)c1nnc2n1CCCCCC2.CC(c1ccccc1)(c1nnc2n1CCCCCC2)C1CCC1. The van der Waals surface area contributed by atoms with Gasteiger partial charge in [0.05, 0.1) is 5.41 Å². The van der Waals surface area contributed by atoms with E-state index in [1.165, 1.54) is 157 Å². The van der Waals surface area contributed by atoms with E-state index in [0.29, 0.717) is 17.6 Å². The topological polar surface area (TPSA) is 143 Å². The molecule has 1 aliphatic carbocycles. The zero-order valence-corrected chi connectivity index (χ0v) is 54.0. The monoisotopic (exact) mass is 1200 g/mol. The largest absolute Gasteiger partial charge is 0.508 e. The van der Waals surface area contributed by atoms with Crippen LogP contribution in [-0.2, 0) is 68.1 Å². The number of halogens is 2. The highest BCUT2D eigenvalue weighted by atomic mass is 35.5. The summed E-state index contributed by atoms with van der Waals surface area (Å²) in [4.78, 5) is 0. The quantitative estimate of drug-likeness (QED) is 0.142. The number of phenols is 1. The van der Waals surface area contributed by atoms with Crippen molar-refractivity contribution in [2.45, 2.75) is 244 Å². The first-order valence-corrected chi connectivity index (χ1v) is 33.6. The lowest BCUT2D eigenvalue weighted by Gasteiger charge is -2.43. The molecule has 8 aromatic rings. The molecule has 1 N–H and O–H groups in total. The molecule has 2 atom stereocenters. The minimum absolute atomic E-state index is 0.00393. The van der Waals surface area contributed by atoms with Crippen LogP contribution in [0.3, 0.4) is 0 Å². The highest BCUT2D eigenvalue weighted by Gasteiger charge is 2.45. The molecule has 4 aromatic carbocycles. The number of aryl methyl sites for hydroxylation is 4. The molecule has 0 amide bonds. The van der Waals surface area contributed by atoms with E-state index in [2.05, 4.69) is 145 Å². The first-order valence-electron chi connectivity index (χ1n) is 33.2. The Morgan fingerprint density at radius 3 is 1.37 bits per heavy atom. The van der Waals surface area contributed by atoms with E-state index in [-0.39, 0.29) is 28.0 Å². The highest BCUT2D eigenvalue weighted by Crippen LogP contribution is 2.48. The molecule has 1 saturated carbocycles. The maximum Gasteiger partial charge on any atom is 0.143 e. The molecule has 5 aliphatic rings. The van der Waals surface area contributed by atoms with Crippen LogP contribution in [0, 0.1) is 17.7 Å². The van der Waals surface area contributed by atoms with Crippen molar-refractivity contribution in [2.24, 2.45) is 11.8 Å². The first kappa shape index (κ1) is 63.5. The second kappa shape index (κ2) is 29.2. The molecule has 8 heterocycles. The molecule has 0 spiro atoms. The second-order valence-corrected chi connectivity index (χ2v) is 27.3. The average Bonchev–Trinajstić information content (AvgIpc) is 2.32. The lowest BCUT2D eigenvalue weighted by atomic mass is 9.62. The third-order valence-corrected chi connectivity index (χ3v) is 19.9. The average molecular weight is 1200 g/mol. The van der Waals surface area contributed by atoms with Crippen LogP contribution in [0.15, 0.2) is 103 Å². The van der Waals surface area contributed by atoms with E-state index in [1.807, 2.05) is 42.5 Å². The number of aromatic hydroxyl groups is 1. The molecular formula is C72H96ClFN12O. The van der Waals surface area contributed by atoms with Crippen LogP contribution >= 0.6 is 11.6 Å². The van der Waals surface area contributed by atoms with Gasteiger partial charge in [0.2, 0.25) is 0 Å². The summed E-state index contributed by atoms with van der Waals surface area (Å²) in [5.41, 5.74) is 4.40. The van der Waals surface area contributed by atoms with Crippen molar-refractivity contribution in [2.75, 3.05) is 0 Å². The van der Waals surface area contributed by atoms with Crippen LogP contribution in [-0.4, -0.2) is 64.2 Å². The van der Waals surface area contributed by atoms with Gasteiger partial charge in [-0.1, -0.05) is 150 Å². The summed E-state index contributed by atoms with van der Waals surface area (Å²) < 4.78 is 22.6. The normalized spacial score (nSPS) is 17.8. The Labute approximate surface area is 522 Å². The number of hydrogen-bond acceptors (Lipinski definition) is 9. The third kappa shape index (κ3) is 14.8. The molecule has 2 unspecified atom stereocenters. The van der Waals surface area contributed by atoms with Crippen LogP contribution in [0.5, 0.6) is 5.75 Å². The standard InChI is InChI=1S/C20H27N3.C18H24FN3.C17H22ClN3.C17H23N3O/c1-20(17-12-9-13-17,16-10-5-4-6-11-16)19-22-21-18-14-7-2-3-8-15-23(18)19;1-13(2)17(14-8-10-15(19)11-9-14)18-21-20-16-7-5-3-4-6-12-22(16)18;1-17(2,13-8-10-14(18)11-9-13)16-20-19-15-7-5-3-4-6-12-21(15)16;1-17(2,13-8-7-9-14(21)12-13)16-19-18-15-10-5-3-4-6-11-20(15)16/h4-6,10-11,17H,2-3,7-9,12-15H2,1H3;8-11,13,17H,3-7,12H2,1-2H3;8-11H,3-7,12H2,1-2H3;7-9,12,21H,3-6,10-11H2,1-2H3. The maximum atomic E-state index is 13.2. The fraction of sp³-hybridized carbons (Fsp3) is 0.556. The summed E-state index contributed by atoms with van der Waals surface area (Å²) in [6.07, 6.45) is 28.3. The van der Waals surface area contributed by atoms with Crippen molar-refractivity contribution < 1.29 is 9.50 Å². The molecule has 0 bridgehead atoms. The van der Waals surface area contributed by atoms with Gasteiger partial charge in [0.1, 0.15) is 58.2 Å². The smallest absolute Gasteiger partial charge is 0.143 e. The summed E-state index contributed by atoms with van der Waals surface area (Å²) in [5.74, 6) is 10.3. The number of nitrogens with zero attached hydrogens (tertiary/aromatic N) is 12. The number of phenolic OH excluding ortho intramolecular Hbond substituents is 1. The summed E-state index contributed by atoms with van der Waals surface area (Å²) in [6, 6.07) is 33.4. The molecular weight excluding hydrogens is 1100 g/mol. The van der Waals surface area contributed by atoms with Crippen molar-refractivity contribution in [3.8, 4) is 5.75 Å². The van der Waals surface area contributed by atoms with Gasteiger partial charge in [0, 0.05) is 73.6 Å². The van der Waals surface area contributed by atoms with E-state index in [0.717, 1.165) is 103 Å². The number of benzene rings is 4. The van der Waals surface area contributed by atoms with Crippen molar-refractivity contribution in [3.05, 3.63) is 183 Å². The van der Waals surface area contributed by atoms with E-state index in [4.69, 9.17) is 16.7 Å². The fourth-order valence-corrected chi connectivity index (χ4v) is 14.2. The maximum absolute atomic E-state index is 13.2. The van der Waals surface area contributed by atoms with Crippen LogP contribution in [0.1, 0.15) is 245 Å². The zero-order valence-electron chi connectivity index (χ0n) is 53.2. The molecule has 15 heteroatoms. The predicted octanol–water partition coefficient (Wildman–Crippen LogP) is 16.6. The van der Waals surface area contributed by atoms with Crippen molar-refractivity contribution >= 4 is 11.6 Å². The van der Waals surface area contributed by atoms with Gasteiger partial charge in [-0.05, 0) is 169 Å². The minimum Gasteiger partial charge on any atom is -0.508 e. The van der Waals surface area contributed by atoms with E-state index < -0.39 is 0 Å². The van der Waals surface area contributed by atoms with Gasteiger partial charge in [-0.25, -0.2) is 4.39 Å². The molecule has 464 valence electrons. The summed E-state index contributed by atoms with van der Waals surface area (Å²) >= 11 is 6.01. The Kier molecular flexibility index (Phi) is 21.3.